The first-order chi connectivity index (χ1) is 7.36. The van der Waals surface area contributed by atoms with Crippen LogP contribution >= 0.6 is 0 Å². The van der Waals surface area contributed by atoms with Crippen LogP contribution in [0.15, 0.2) is 42.0 Å². The Balaban J connectivity index is 1.88. The Labute approximate surface area is 92.2 Å². The second-order valence-corrected chi connectivity index (χ2v) is 4.32. The van der Waals surface area contributed by atoms with Crippen LogP contribution in [0.4, 0.5) is 5.69 Å². The summed E-state index contributed by atoms with van der Waals surface area (Å²) in [7, 11) is 0. The van der Waals surface area contributed by atoms with Crippen LogP contribution in [0.2, 0.25) is 0 Å². The van der Waals surface area contributed by atoms with E-state index >= 15 is 0 Å². The third-order valence-electron chi connectivity index (χ3n) is 3.19. The molecule has 0 radical (unpaired) electrons. The first kappa shape index (κ1) is 10.3. The van der Waals surface area contributed by atoms with Gasteiger partial charge in [0, 0.05) is 12.2 Å². The van der Waals surface area contributed by atoms with E-state index in [-0.39, 0.29) is 0 Å². The van der Waals surface area contributed by atoms with Gasteiger partial charge in [0.05, 0.1) is 0 Å². The van der Waals surface area contributed by atoms with E-state index in [2.05, 4.69) is 48.6 Å². The number of allylic oxidation sites excluding steroid dienone is 1. The van der Waals surface area contributed by atoms with Gasteiger partial charge in [0.15, 0.2) is 0 Å². The molecule has 1 heteroatoms. The van der Waals surface area contributed by atoms with Crippen molar-refractivity contribution >= 4 is 5.69 Å². The molecule has 1 atom stereocenters. The predicted octanol–water partition coefficient (Wildman–Crippen LogP) is 3.84. The molecule has 80 valence electrons. The molecule has 0 saturated carbocycles. The summed E-state index contributed by atoms with van der Waals surface area (Å²) in [6.45, 7) is 3.34. The lowest BCUT2D eigenvalue weighted by Crippen LogP contribution is -2.17. The molecular weight excluding hydrogens is 182 g/mol. The SMILES string of the molecule is CC1=CCCCC1CNc1ccccc1. The zero-order valence-corrected chi connectivity index (χ0v) is 9.37. The Morgan fingerprint density at radius 3 is 2.80 bits per heavy atom. The van der Waals surface area contributed by atoms with Crippen molar-refractivity contribution in [2.45, 2.75) is 26.2 Å². The average Bonchev–Trinajstić information content (AvgIpc) is 2.29. The summed E-state index contributed by atoms with van der Waals surface area (Å²) in [5, 5.41) is 3.50. The standard InChI is InChI=1S/C14H19N/c1-12-7-5-6-8-13(12)11-15-14-9-3-2-4-10-14/h2-4,7,9-10,13,15H,5-6,8,11H2,1H3. The number of para-hydroxylation sites is 1. The number of hydrogen-bond donors (Lipinski definition) is 1. The van der Waals surface area contributed by atoms with E-state index < -0.39 is 0 Å². The van der Waals surface area contributed by atoms with Crippen molar-refractivity contribution in [1.82, 2.24) is 0 Å². The third kappa shape index (κ3) is 2.85. The topological polar surface area (TPSA) is 12.0 Å². The lowest BCUT2D eigenvalue weighted by atomic mass is 9.89. The maximum atomic E-state index is 3.50. The highest BCUT2D eigenvalue weighted by molar-refractivity contribution is 5.42. The molecule has 0 heterocycles. The second kappa shape index (κ2) is 5.01. The van der Waals surface area contributed by atoms with Gasteiger partial charge in [-0.15, -0.1) is 0 Å². The Hall–Kier alpha value is -1.24. The summed E-state index contributed by atoms with van der Waals surface area (Å²) in [5.41, 5.74) is 2.79. The summed E-state index contributed by atoms with van der Waals surface area (Å²) >= 11 is 0. The van der Waals surface area contributed by atoms with Crippen LogP contribution in [0.25, 0.3) is 0 Å². The van der Waals surface area contributed by atoms with E-state index in [4.69, 9.17) is 0 Å². The summed E-state index contributed by atoms with van der Waals surface area (Å²) in [4.78, 5) is 0. The Morgan fingerprint density at radius 2 is 2.07 bits per heavy atom. The number of nitrogens with one attached hydrogen (secondary N) is 1. The van der Waals surface area contributed by atoms with E-state index in [9.17, 15) is 0 Å². The van der Waals surface area contributed by atoms with Gasteiger partial charge in [-0.1, -0.05) is 29.8 Å². The zero-order valence-electron chi connectivity index (χ0n) is 9.37. The molecule has 1 nitrogen and oxygen atoms in total. The molecule has 0 aliphatic heterocycles. The van der Waals surface area contributed by atoms with Crippen LogP contribution < -0.4 is 5.32 Å². The molecule has 2 rings (SSSR count). The van der Waals surface area contributed by atoms with Crippen LogP contribution in [0.3, 0.4) is 0 Å². The van der Waals surface area contributed by atoms with Gasteiger partial charge in [-0.2, -0.15) is 0 Å². The van der Waals surface area contributed by atoms with Crippen molar-refractivity contribution in [3.63, 3.8) is 0 Å². The summed E-state index contributed by atoms with van der Waals surface area (Å²) < 4.78 is 0. The van der Waals surface area contributed by atoms with E-state index in [1.807, 2.05) is 0 Å². The molecule has 1 unspecified atom stereocenters. The van der Waals surface area contributed by atoms with Gasteiger partial charge in [-0.25, -0.2) is 0 Å². The fourth-order valence-corrected chi connectivity index (χ4v) is 2.15. The summed E-state index contributed by atoms with van der Waals surface area (Å²) in [6.07, 6.45) is 6.34. The zero-order chi connectivity index (χ0) is 10.5. The van der Waals surface area contributed by atoms with Gasteiger partial charge in [0.1, 0.15) is 0 Å². The van der Waals surface area contributed by atoms with Gasteiger partial charge >= 0.3 is 0 Å². The molecule has 0 spiro atoms. The van der Waals surface area contributed by atoms with Crippen molar-refractivity contribution in [3.05, 3.63) is 42.0 Å². The minimum atomic E-state index is 0.735. The smallest absolute Gasteiger partial charge is 0.0340 e. The van der Waals surface area contributed by atoms with E-state index in [1.54, 1.807) is 5.57 Å². The quantitative estimate of drug-likeness (QED) is 0.732. The number of anilines is 1. The minimum Gasteiger partial charge on any atom is -0.384 e. The summed E-state index contributed by atoms with van der Waals surface area (Å²) in [6, 6.07) is 10.5. The fourth-order valence-electron chi connectivity index (χ4n) is 2.15. The highest BCUT2D eigenvalue weighted by atomic mass is 14.9. The van der Waals surface area contributed by atoms with Crippen molar-refractivity contribution in [3.8, 4) is 0 Å². The molecule has 0 amide bonds. The fraction of sp³-hybridized carbons (Fsp3) is 0.429. The molecule has 1 aliphatic rings. The lowest BCUT2D eigenvalue weighted by molar-refractivity contribution is 0.532. The predicted molar refractivity (Wildman–Crippen MR) is 66.0 cm³/mol. The van der Waals surface area contributed by atoms with Gasteiger partial charge in [0.25, 0.3) is 0 Å². The van der Waals surface area contributed by atoms with E-state index in [0.717, 1.165) is 12.5 Å². The molecule has 1 aliphatic carbocycles. The summed E-state index contributed by atoms with van der Waals surface area (Å²) in [5.74, 6) is 0.735. The first-order valence-electron chi connectivity index (χ1n) is 5.82. The highest BCUT2D eigenvalue weighted by Crippen LogP contribution is 2.24. The molecular formula is C14H19N. The Kier molecular flexibility index (Phi) is 3.44. The van der Waals surface area contributed by atoms with Crippen molar-refractivity contribution in [2.24, 2.45) is 5.92 Å². The third-order valence-corrected chi connectivity index (χ3v) is 3.19. The second-order valence-electron chi connectivity index (χ2n) is 4.32. The monoisotopic (exact) mass is 201 g/mol. The first-order valence-corrected chi connectivity index (χ1v) is 5.82. The van der Waals surface area contributed by atoms with Crippen LogP contribution in [0, 0.1) is 5.92 Å². The number of rotatable bonds is 3. The Bertz CT molecular complexity index is 326. The molecule has 0 bridgehead atoms. The van der Waals surface area contributed by atoms with Crippen molar-refractivity contribution in [2.75, 3.05) is 11.9 Å². The Morgan fingerprint density at radius 1 is 1.27 bits per heavy atom. The largest absolute Gasteiger partial charge is 0.384 e. The lowest BCUT2D eigenvalue weighted by Gasteiger charge is -2.22. The van der Waals surface area contributed by atoms with E-state index in [1.165, 1.54) is 24.9 Å². The maximum absolute atomic E-state index is 3.50. The van der Waals surface area contributed by atoms with Crippen LogP contribution in [-0.2, 0) is 0 Å². The molecule has 0 saturated heterocycles. The molecule has 0 aromatic heterocycles. The normalized spacial score (nSPS) is 20.9. The van der Waals surface area contributed by atoms with Gasteiger partial charge in [-0.05, 0) is 44.2 Å². The highest BCUT2D eigenvalue weighted by Gasteiger charge is 2.13. The van der Waals surface area contributed by atoms with Gasteiger partial charge in [0.2, 0.25) is 0 Å². The number of benzene rings is 1. The van der Waals surface area contributed by atoms with Crippen molar-refractivity contribution in [1.29, 1.82) is 0 Å². The molecule has 1 aromatic rings. The average molecular weight is 201 g/mol. The molecule has 1 N–H and O–H groups in total. The minimum absolute atomic E-state index is 0.735. The van der Waals surface area contributed by atoms with E-state index in [0.29, 0.717) is 0 Å². The molecule has 15 heavy (non-hydrogen) atoms. The molecule has 1 aromatic carbocycles. The van der Waals surface area contributed by atoms with Crippen LogP contribution in [0.1, 0.15) is 26.2 Å². The maximum Gasteiger partial charge on any atom is 0.0340 e. The van der Waals surface area contributed by atoms with Gasteiger partial charge < -0.3 is 5.32 Å². The van der Waals surface area contributed by atoms with Gasteiger partial charge in [-0.3, -0.25) is 0 Å². The number of hydrogen-bond acceptors (Lipinski definition) is 1. The van der Waals surface area contributed by atoms with Crippen molar-refractivity contribution < 1.29 is 0 Å². The van der Waals surface area contributed by atoms with Crippen LogP contribution in [-0.4, -0.2) is 6.54 Å². The molecule has 0 fully saturated rings. The van der Waals surface area contributed by atoms with Crippen LogP contribution in [0.5, 0.6) is 0 Å².